The monoisotopic (exact) mass is 240 g/mol. The van der Waals surface area contributed by atoms with E-state index in [1.165, 1.54) is 0 Å². The first-order valence-corrected chi connectivity index (χ1v) is 5.88. The van der Waals surface area contributed by atoms with E-state index in [1.807, 2.05) is 55.3 Å². The van der Waals surface area contributed by atoms with Gasteiger partial charge in [0, 0.05) is 45.1 Å². The summed E-state index contributed by atoms with van der Waals surface area (Å²) in [4.78, 5) is 6.46. The van der Waals surface area contributed by atoms with E-state index in [2.05, 4.69) is 16.0 Å². The molecule has 0 fully saturated rings. The molecule has 4 heteroatoms. The molecule has 2 rings (SSSR count). The number of aromatic nitrogens is 2. The fraction of sp³-hybridized carbons (Fsp3) is 0.286. The molecule has 92 valence electrons. The highest BCUT2D eigenvalue weighted by molar-refractivity contribution is 5.49. The van der Waals surface area contributed by atoms with Crippen molar-refractivity contribution in [2.45, 2.75) is 6.42 Å². The predicted molar refractivity (Wildman–Crippen MR) is 71.3 cm³/mol. The van der Waals surface area contributed by atoms with Crippen LogP contribution in [0.5, 0.6) is 0 Å². The molecule has 0 aliphatic heterocycles. The molecule has 0 aliphatic carbocycles. The Labute approximate surface area is 107 Å². The molecule has 0 saturated heterocycles. The molecule has 0 spiro atoms. The third-order valence-electron chi connectivity index (χ3n) is 3.03. The molecule has 0 bridgehead atoms. The van der Waals surface area contributed by atoms with Gasteiger partial charge in [0.1, 0.15) is 5.82 Å². The van der Waals surface area contributed by atoms with E-state index < -0.39 is 0 Å². The number of nitrogens with zero attached hydrogens (tertiary/aromatic N) is 4. The minimum absolute atomic E-state index is 0.691. The van der Waals surface area contributed by atoms with Crippen molar-refractivity contribution in [3.05, 3.63) is 48.0 Å². The van der Waals surface area contributed by atoms with Crippen molar-refractivity contribution in [2.24, 2.45) is 7.05 Å². The smallest absolute Gasteiger partial charge is 0.110 e. The van der Waals surface area contributed by atoms with Crippen LogP contribution in [0.2, 0.25) is 0 Å². The van der Waals surface area contributed by atoms with Gasteiger partial charge in [-0.3, -0.25) is 0 Å². The zero-order valence-electron chi connectivity index (χ0n) is 10.7. The average Bonchev–Trinajstić information content (AvgIpc) is 2.81. The van der Waals surface area contributed by atoms with E-state index in [0.29, 0.717) is 5.56 Å². The van der Waals surface area contributed by atoms with E-state index in [0.717, 1.165) is 24.5 Å². The molecule has 1 heterocycles. The third-order valence-corrected chi connectivity index (χ3v) is 3.03. The number of likely N-dealkylation sites (N-methyl/N-ethyl adjacent to an activating group) is 1. The first kappa shape index (κ1) is 12.2. The molecule has 0 radical (unpaired) electrons. The molecule has 18 heavy (non-hydrogen) atoms. The minimum atomic E-state index is 0.691. The molecule has 1 aromatic heterocycles. The van der Waals surface area contributed by atoms with Gasteiger partial charge in [-0.15, -0.1) is 0 Å². The van der Waals surface area contributed by atoms with Crippen LogP contribution in [0.15, 0.2) is 36.7 Å². The van der Waals surface area contributed by atoms with Crippen molar-refractivity contribution in [2.75, 3.05) is 18.5 Å². The molecular formula is C14H16N4. The van der Waals surface area contributed by atoms with Gasteiger partial charge in [-0.25, -0.2) is 4.98 Å². The predicted octanol–water partition coefficient (Wildman–Crippen LogP) is 1.97. The molecule has 4 nitrogen and oxygen atoms in total. The molecule has 2 aromatic rings. The fourth-order valence-electron chi connectivity index (χ4n) is 1.82. The van der Waals surface area contributed by atoms with Gasteiger partial charge in [0.2, 0.25) is 0 Å². The van der Waals surface area contributed by atoms with Crippen LogP contribution < -0.4 is 4.90 Å². The first-order valence-electron chi connectivity index (χ1n) is 5.88. The van der Waals surface area contributed by atoms with Crippen molar-refractivity contribution in [1.29, 1.82) is 5.26 Å². The summed E-state index contributed by atoms with van der Waals surface area (Å²) >= 11 is 0. The Hall–Kier alpha value is -2.28. The van der Waals surface area contributed by atoms with Crippen LogP contribution in [0.3, 0.4) is 0 Å². The van der Waals surface area contributed by atoms with Crippen molar-refractivity contribution >= 4 is 5.69 Å². The van der Waals surface area contributed by atoms with Gasteiger partial charge in [-0.1, -0.05) is 0 Å². The Balaban J connectivity index is 1.97. The van der Waals surface area contributed by atoms with Gasteiger partial charge in [-0.2, -0.15) is 5.26 Å². The zero-order chi connectivity index (χ0) is 13.0. The lowest BCUT2D eigenvalue weighted by Crippen LogP contribution is -2.21. The van der Waals surface area contributed by atoms with Crippen LogP contribution >= 0.6 is 0 Å². The first-order chi connectivity index (χ1) is 8.70. The number of benzene rings is 1. The number of nitriles is 1. The number of hydrogen-bond acceptors (Lipinski definition) is 3. The quantitative estimate of drug-likeness (QED) is 0.820. The summed E-state index contributed by atoms with van der Waals surface area (Å²) in [5.41, 5.74) is 1.81. The second-order valence-electron chi connectivity index (χ2n) is 4.28. The van der Waals surface area contributed by atoms with Crippen LogP contribution in [-0.2, 0) is 13.5 Å². The van der Waals surface area contributed by atoms with E-state index in [4.69, 9.17) is 5.26 Å². The van der Waals surface area contributed by atoms with Crippen molar-refractivity contribution in [3.8, 4) is 6.07 Å². The lowest BCUT2D eigenvalue weighted by atomic mass is 10.2. The summed E-state index contributed by atoms with van der Waals surface area (Å²) in [6.45, 7) is 0.900. The van der Waals surface area contributed by atoms with Crippen molar-refractivity contribution in [3.63, 3.8) is 0 Å². The van der Waals surface area contributed by atoms with Gasteiger partial charge in [0.25, 0.3) is 0 Å². The molecule has 0 atom stereocenters. The van der Waals surface area contributed by atoms with Gasteiger partial charge in [0.05, 0.1) is 11.6 Å². The van der Waals surface area contributed by atoms with Crippen LogP contribution in [-0.4, -0.2) is 23.1 Å². The summed E-state index contributed by atoms with van der Waals surface area (Å²) in [7, 11) is 4.05. The molecular weight excluding hydrogens is 224 g/mol. The van der Waals surface area contributed by atoms with Crippen LogP contribution in [0.4, 0.5) is 5.69 Å². The van der Waals surface area contributed by atoms with Gasteiger partial charge >= 0.3 is 0 Å². The number of hydrogen-bond donors (Lipinski definition) is 0. The molecule has 1 aromatic carbocycles. The Kier molecular flexibility index (Phi) is 3.63. The number of aryl methyl sites for hydroxylation is 1. The topological polar surface area (TPSA) is 44.9 Å². The zero-order valence-corrected chi connectivity index (χ0v) is 10.7. The van der Waals surface area contributed by atoms with Gasteiger partial charge in [-0.05, 0) is 24.3 Å². The maximum atomic E-state index is 8.75. The lowest BCUT2D eigenvalue weighted by molar-refractivity contribution is 0.757. The number of rotatable bonds is 4. The molecule has 0 unspecified atom stereocenters. The summed E-state index contributed by atoms with van der Waals surface area (Å²) in [6, 6.07) is 9.74. The van der Waals surface area contributed by atoms with Crippen LogP contribution in [0.25, 0.3) is 0 Å². The Morgan fingerprint density at radius 3 is 2.61 bits per heavy atom. The van der Waals surface area contributed by atoms with Gasteiger partial charge in [0.15, 0.2) is 0 Å². The van der Waals surface area contributed by atoms with Crippen LogP contribution in [0.1, 0.15) is 11.4 Å². The summed E-state index contributed by atoms with van der Waals surface area (Å²) in [5.74, 6) is 1.08. The standard InChI is InChI=1S/C14H16N4/c1-17(9-7-14-16-8-10-18(14)2)13-5-3-12(11-15)4-6-13/h3-6,8,10H,7,9H2,1-2H3. The highest BCUT2D eigenvalue weighted by atomic mass is 15.1. The maximum Gasteiger partial charge on any atom is 0.110 e. The summed E-state index contributed by atoms with van der Waals surface area (Å²) < 4.78 is 2.03. The highest BCUT2D eigenvalue weighted by Gasteiger charge is 2.04. The van der Waals surface area contributed by atoms with Crippen LogP contribution in [0, 0.1) is 11.3 Å². The third kappa shape index (κ3) is 2.69. The molecule has 0 saturated carbocycles. The highest BCUT2D eigenvalue weighted by Crippen LogP contribution is 2.13. The van der Waals surface area contributed by atoms with Crippen molar-refractivity contribution in [1.82, 2.24) is 9.55 Å². The summed E-state index contributed by atoms with van der Waals surface area (Å²) in [5, 5.41) is 8.75. The van der Waals surface area contributed by atoms with Crippen molar-refractivity contribution < 1.29 is 0 Å². The Morgan fingerprint density at radius 2 is 2.06 bits per heavy atom. The SMILES string of the molecule is CN(CCc1nccn1C)c1ccc(C#N)cc1. The number of anilines is 1. The van der Waals surface area contributed by atoms with Gasteiger partial charge < -0.3 is 9.47 Å². The molecule has 0 aliphatic rings. The lowest BCUT2D eigenvalue weighted by Gasteiger charge is -2.19. The van der Waals surface area contributed by atoms with E-state index in [-0.39, 0.29) is 0 Å². The molecule has 0 N–H and O–H groups in total. The number of imidazole rings is 1. The Bertz CT molecular complexity index is 548. The second kappa shape index (κ2) is 5.37. The van der Waals surface area contributed by atoms with E-state index in [1.54, 1.807) is 0 Å². The largest absolute Gasteiger partial charge is 0.374 e. The van der Waals surface area contributed by atoms with E-state index in [9.17, 15) is 0 Å². The maximum absolute atomic E-state index is 8.75. The average molecular weight is 240 g/mol. The molecule has 0 amide bonds. The fourth-order valence-corrected chi connectivity index (χ4v) is 1.82. The normalized spacial score (nSPS) is 10.1. The van der Waals surface area contributed by atoms with E-state index >= 15 is 0 Å². The Morgan fingerprint density at radius 1 is 1.33 bits per heavy atom. The minimum Gasteiger partial charge on any atom is -0.374 e. The second-order valence-corrected chi connectivity index (χ2v) is 4.28. The summed E-state index contributed by atoms with van der Waals surface area (Å²) in [6.07, 6.45) is 4.67.